The number of hydrogen-bond donors (Lipinski definition) is 1. The van der Waals surface area contributed by atoms with Gasteiger partial charge in [-0.05, 0) is 74.4 Å². The van der Waals surface area contributed by atoms with Gasteiger partial charge in [0.05, 0.1) is 35.2 Å². The Labute approximate surface area is 269 Å². The topological polar surface area (TPSA) is 121 Å². The lowest BCUT2D eigenvalue weighted by Crippen LogP contribution is -2.42. The number of benzene rings is 2. The number of aromatic nitrogens is 5. The molecule has 0 spiro atoms. The van der Waals surface area contributed by atoms with E-state index in [2.05, 4.69) is 36.7 Å². The number of para-hydroxylation sites is 1. The summed E-state index contributed by atoms with van der Waals surface area (Å²) in [6.07, 6.45) is 7.24. The zero-order chi connectivity index (χ0) is 31.0. The van der Waals surface area contributed by atoms with E-state index in [0.29, 0.717) is 34.5 Å². The minimum atomic E-state index is -1.01. The molecular weight excluding hydrogens is 608 g/mol. The average molecular weight is 641 g/mol. The molecule has 1 N–H and O–H groups in total. The lowest BCUT2D eigenvalue weighted by molar-refractivity contribution is -0.0723. The monoisotopic (exact) mass is 640 g/mol. The molecule has 0 aliphatic carbocycles. The second-order valence-electron chi connectivity index (χ2n) is 13.0. The van der Waals surface area contributed by atoms with Gasteiger partial charge in [-0.3, -0.25) is 19.4 Å². The van der Waals surface area contributed by atoms with Crippen LogP contribution in [0.3, 0.4) is 0 Å². The molecule has 4 aliphatic heterocycles. The van der Waals surface area contributed by atoms with Gasteiger partial charge in [0.25, 0.3) is 5.79 Å². The molecule has 12 heteroatoms. The molecule has 0 amide bonds. The number of nitrogens with one attached hydrogen (secondary N) is 1. The number of nitrogens with zero attached hydrogens (tertiary/aromatic N) is 5. The number of fused-ring (bicyclic) bond motifs is 4. The summed E-state index contributed by atoms with van der Waals surface area (Å²) < 4.78 is 25.8. The maximum absolute atomic E-state index is 11.6. The number of pyridine rings is 1. The molecule has 2 aromatic carbocycles. The Hall–Kier alpha value is -4.19. The van der Waals surface area contributed by atoms with Gasteiger partial charge < -0.3 is 18.8 Å². The van der Waals surface area contributed by atoms with Gasteiger partial charge >= 0.3 is 5.76 Å². The number of aromatic amines is 1. The van der Waals surface area contributed by atoms with Crippen molar-refractivity contribution in [1.82, 2.24) is 29.6 Å². The summed E-state index contributed by atoms with van der Waals surface area (Å²) in [5.74, 6) is 1.82. The predicted molar refractivity (Wildman–Crippen MR) is 169 cm³/mol. The van der Waals surface area contributed by atoms with Crippen molar-refractivity contribution in [2.24, 2.45) is 0 Å². The maximum Gasteiger partial charge on any atom is 0.439 e. The van der Waals surface area contributed by atoms with Crippen LogP contribution in [0, 0.1) is 0 Å². The van der Waals surface area contributed by atoms with Crippen LogP contribution in [0.4, 0.5) is 0 Å². The highest BCUT2D eigenvalue weighted by Gasteiger charge is 2.46. The Bertz CT molecular complexity index is 1990. The zero-order valence-electron chi connectivity index (χ0n) is 25.3. The zero-order valence-corrected chi connectivity index (χ0v) is 26.1. The molecule has 5 aromatic rings. The first-order valence-electron chi connectivity index (χ1n) is 16.0. The van der Waals surface area contributed by atoms with Crippen molar-refractivity contribution in [3.63, 3.8) is 0 Å². The number of imidazole rings is 1. The summed E-state index contributed by atoms with van der Waals surface area (Å²) in [7, 11) is 0. The first kappa shape index (κ1) is 28.1. The van der Waals surface area contributed by atoms with Gasteiger partial charge in [-0.15, -0.1) is 0 Å². The number of halogens is 1. The van der Waals surface area contributed by atoms with Crippen molar-refractivity contribution in [1.29, 1.82) is 0 Å². The summed E-state index contributed by atoms with van der Waals surface area (Å²) in [6.45, 7) is 4.22. The van der Waals surface area contributed by atoms with E-state index in [9.17, 15) is 4.79 Å². The molecule has 236 valence electrons. The first-order valence-corrected chi connectivity index (χ1v) is 16.3. The van der Waals surface area contributed by atoms with Crippen molar-refractivity contribution in [3.8, 4) is 22.9 Å². The van der Waals surface area contributed by atoms with E-state index < -0.39 is 11.5 Å². The van der Waals surface area contributed by atoms with E-state index >= 15 is 0 Å². The minimum Gasteiger partial charge on any atom is -0.443 e. The molecule has 2 bridgehead atoms. The SMILES string of the molecule is CC1(c2ccc(Cl)cn2)Oc2cccc(C3CC4CCC(C3)N4Cc3nc4ccc(-c5noc(=O)[nH]5)cc4n3C[C@@H]3CCO3)c2O1. The van der Waals surface area contributed by atoms with Crippen LogP contribution in [0.15, 0.2) is 64.0 Å². The minimum absolute atomic E-state index is 0.172. The fourth-order valence-corrected chi connectivity index (χ4v) is 7.91. The third-order valence-electron chi connectivity index (χ3n) is 10.2. The molecule has 3 fully saturated rings. The van der Waals surface area contributed by atoms with E-state index in [0.717, 1.165) is 85.7 Å². The Morgan fingerprint density at radius 1 is 1.07 bits per heavy atom. The quantitative estimate of drug-likeness (QED) is 0.236. The molecular formula is C34H33ClN6O5. The normalized spacial score (nSPS) is 26.9. The Morgan fingerprint density at radius 3 is 2.63 bits per heavy atom. The molecule has 3 aromatic heterocycles. The molecule has 3 saturated heterocycles. The number of H-pyrrole nitrogens is 1. The average Bonchev–Trinajstić information content (AvgIpc) is 3.77. The molecule has 0 saturated carbocycles. The highest BCUT2D eigenvalue weighted by molar-refractivity contribution is 6.30. The van der Waals surface area contributed by atoms with E-state index in [1.54, 1.807) is 6.20 Å². The van der Waals surface area contributed by atoms with Crippen LogP contribution in [0.2, 0.25) is 5.02 Å². The van der Waals surface area contributed by atoms with Crippen molar-refractivity contribution in [3.05, 3.63) is 87.4 Å². The van der Waals surface area contributed by atoms with Gasteiger partial charge in [0, 0.05) is 42.9 Å². The number of ether oxygens (including phenoxy) is 3. The summed E-state index contributed by atoms with van der Waals surface area (Å²) >= 11 is 6.09. The van der Waals surface area contributed by atoms with Crippen LogP contribution >= 0.6 is 11.6 Å². The third kappa shape index (κ3) is 4.71. The smallest absolute Gasteiger partial charge is 0.439 e. The maximum atomic E-state index is 11.6. The molecule has 11 nitrogen and oxygen atoms in total. The molecule has 4 atom stereocenters. The van der Waals surface area contributed by atoms with Crippen LogP contribution in [0.25, 0.3) is 22.4 Å². The van der Waals surface area contributed by atoms with Gasteiger partial charge in [-0.2, -0.15) is 0 Å². The molecule has 46 heavy (non-hydrogen) atoms. The van der Waals surface area contributed by atoms with Crippen LogP contribution in [-0.2, 0) is 23.6 Å². The molecule has 9 rings (SSSR count). The van der Waals surface area contributed by atoms with Gasteiger partial charge in [-0.25, -0.2) is 9.78 Å². The molecule has 3 unspecified atom stereocenters. The van der Waals surface area contributed by atoms with Crippen LogP contribution in [0.5, 0.6) is 11.5 Å². The fourth-order valence-electron chi connectivity index (χ4n) is 7.80. The van der Waals surface area contributed by atoms with Crippen molar-refractivity contribution < 1.29 is 18.7 Å². The lowest BCUT2D eigenvalue weighted by Gasteiger charge is -2.39. The van der Waals surface area contributed by atoms with E-state index in [1.165, 1.54) is 5.56 Å². The van der Waals surface area contributed by atoms with Crippen LogP contribution in [0.1, 0.15) is 62.0 Å². The van der Waals surface area contributed by atoms with E-state index in [-0.39, 0.29) is 6.10 Å². The van der Waals surface area contributed by atoms with E-state index in [4.69, 9.17) is 35.3 Å². The van der Waals surface area contributed by atoms with Gasteiger partial charge in [0.15, 0.2) is 17.3 Å². The number of piperidine rings is 1. The predicted octanol–water partition coefficient (Wildman–Crippen LogP) is 5.77. The highest BCUT2D eigenvalue weighted by Crippen LogP contribution is 2.52. The second-order valence-corrected chi connectivity index (χ2v) is 13.4. The van der Waals surface area contributed by atoms with Crippen LogP contribution < -0.4 is 15.2 Å². The number of rotatable bonds is 7. The summed E-state index contributed by atoms with van der Waals surface area (Å²) in [4.78, 5) is 26.5. The standard InChI is InChI=1S/C34H33ClN6O5/c1-34(29-10-6-21(35)16-36-29)44-28-4-2-3-25(31(28)45-34)20-13-22-7-8-23(14-20)40(22)18-30-37-26-9-5-19(32-38-33(42)46-39-32)15-27(26)41(30)17-24-11-12-43-24/h2-6,9-10,15-16,20,22-24H,7-8,11-14,17-18H2,1H3,(H,38,39,42)/t20?,22?,23?,24-,34?/m0/s1. The van der Waals surface area contributed by atoms with Crippen LogP contribution in [-0.4, -0.2) is 54.4 Å². The van der Waals surface area contributed by atoms with Gasteiger partial charge in [0.1, 0.15) is 11.5 Å². The second kappa shape index (κ2) is 10.7. The molecule has 7 heterocycles. The Balaban J connectivity index is 0.982. The first-order chi connectivity index (χ1) is 22.4. The molecule has 0 radical (unpaired) electrons. The third-order valence-corrected chi connectivity index (χ3v) is 10.4. The Kier molecular flexibility index (Phi) is 6.52. The summed E-state index contributed by atoms with van der Waals surface area (Å²) in [5, 5.41) is 4.46. The Morgan fingerprint density at radius 2 is 1.91 bits per heavy atom. The van der Waals surface area contributed by atoms with E-state index in [1.807, 2.05) is 43.3 Å². The lowest BCUT2D eigenvalue weighted by atomic mass is 9.84. The van der Waals surface area contributed by atoms with Crippen molar-refractivity contribution in [2.45, 2.75) is 82.0 Å². The van der Waals surface area contributed by atoms with Gasteiger partial charge in [-0.1, -0.05) is 28.9 Å². The summed E-state index contributed by atoms with van der Waals surface area (Å²) in [6, 6.07) is 16.7. The van der Waals surface area contributed by atoms with Crippen molar-refractivity contribution >= 4 is 22.6 Å². The van der Waals surface area contributed by atoms with Crippen molar-refractivity contribution in [2.75, 3.05) is 6.61 Å². The summed E-state index contributed by atoms with van der Waals surface area (Å²) in [5.41, 5.74) is 4.60. The molecule has 4 aliphatic rings. The fraction of sp³-hybridized carbons (Fsp3) is 0.412. The number of hydrogen-bond acceptors (Lipinski definition) is 9. The largest absolute Gasteiger partial charge is 0.443 e. The van der Waals surface area contributed by atoms with Gasteiger partial charge in [0.2, 0.25) is 0 Å². The highest BCUT2D eigenvalue weighted by atomic mass is 35.5.